The lowest BCUT2D eigenvalue weighted by atomic mass is 10.2. The second-order valence-corrected chi connectivity index (χ2v) is 3.85. The highest BCUT2D eigenvalue weighted by molar-refractivity contribution is 8.19. The van der Waals surface area contributed by atoms with E-state index in [4.69, 9.17) is 0 Å². The van der Waals surface area contributed by atoms with Gasteiger partial charge in [-0.15, -0.1) is 0 Å². The van der Waals surface area contributed by atoms with Gasteiger partial charge in [-0.05, 0) is 12.1 Å². The lowest BCUT2D eigenvalue weighted by Gasteiger charge is -2.00. The largest absolute Gasteiger partial charge is 0.507 e. The van der Waals surface area contributed by atoms with Crippen molar-refractivity contribution in [2.45, 2.75) is 0 Å². The number of aliphatic imine (C=N–C) groups is 1. The smallest absolute Gasteiger partial charge is 0.284 e. The first-order valence-corrected chi connectivity index (χ1v) is 4.78. The van der Waals surface area contributed by atoms with E-state index in [0.717, 1.165) is 0 Å². The van der Waals surface area contributed by atoms with Crippen LogP contribution in [0.1, 0.15) is 5.56 Å². The number of carbonyl (C=O) groups is 1. The molecule has 70 valence electrons. The zero-order valence-electron chi connectivity index (χ0n) is 7.23. The van der Waals surface area contributed by atoms with E-state index in [1.165, 1.54) is 11.8 Å². The molecule has 2 rings (SSSR count). The van der Waals surface area contributed by atoms with Crippen LogP contribution in [-0.4, -0.2) is 16.1 Å². The fraction of sp³-hybridized carbons (Fsp3) is 0. The van der Waals surface area contributed by atoms with Gasteiger partial charge in [0.1, 0.15) is 10.8 Å². The molecule has 1 aliphatic heterocycles. The Morgan fingerprint density at radius 1 is 1.36 bits per heavy atom. The Morgan fingerprint density at radius 3 is 2.64 bits per heavy atom. The van der Waals surface area contributed by atoms with Crippen molar-refractivity contribution in [2.75, 3.05) is 0 Å². The Labute approximate surface area is 85.2 Å². The molecule has 0 aromatic heterocycles. The average molecular weight is 205 g/mol. The zero-order valence-corrected chi connectivity index (χ0v) is 8.04. The van der Waals surface area contributed by atoms with Gasteiger partial charge in [0, 0.05) is 5.56 Å². The molecule has 1 N–H and O–H groups in total. The number of aromatic hydroxyl groups is 1. The molecule has 3 nitrogen and oxygen atoms in total. The summed E-state index contributed by atoms with van der Waals surface area (Å²) in [6.45, 7) is 3.56. The van der Waals surface area contributed by atoms with E-state index in [0.29, 0.717) is 15.5 Å². The topological polar surface area (TPSA) is 49.7 Å². The molecular weight excluding hydrogens is 198 g/mol. The first kappa shape index (κ1) is 9.02. The molecule has 0 spiro atoms. The predicted molar refractivity (Wildman–Crippen MR) is 56.4 cm³/mol. The van der Waals surface area contributed by atoms with Crippen LogP contribution in [0.25, 0.3) is 0 Å². The molecule has 4 heteroatoms. The minimum absolute atomic E-state index is 0.126. The van der Waals surface area contributed by atoms with Crippen molar-refractivity contribution in [1.29, 1.82) is 0 Å². The number of nitrogens with zero attached hydrogens (tertiary/aromatic N) is 1. The summed E-state index contributed by atoms with van der Waals surface area (Å²) in [7, 11) is 0. The number of amides is 1. The minimum atomic E-state index is -0.326. The van der Waals surface area contributed by atoms with Crippen LogP contribution in [0.5, 0.6) is 5.75 Å². The molecule has 0 aliphatic carbocycles. The summed E-state index contributed by atoms with van der Waals surface area (Å²) in [6.07, 6.45) is 0. The van der Waals surface area contributed by atoms with Crippen LogP contribution in [0.3, 0.4) is 0 Å². The molecule has 0 saturated heterocycles. The van der Waals surface area contributed by atoms with Crippen molar-refractivity contribution in [1.82, 2.24) is 0 Å². The van der Waals surface area contributed by atoms with Gasteiger partial charge in [-0.1, -0.05) is 30.5 Å². The summed E-state index contributed by atoms with van der Waals surface area (Å²) in [6, 6.07) is 6.77. The number of para-hydroxylation sites is 1. The van der Waals surface area contributed by atoms with Gasteiger partial charge < -0.3 is 5.11 Å². The molecule has 1 aromatic carbocycles. The van der Waals surface area contributed by atoms with Crippen LogP contribution in [0.4, 0.5) is 0 Å². The maximum absolute atomic E-state index is 11.1. The van der Waals surface area contributed by atoms with Gasteiger partial charge in [-0.3, -0.25) is 4.79 Å². The number of benzene rings is 1. The number of thioether (sulfide) groups is 1. The van der Waals surface area contributed by atoms with Gasteiger partial charge in [0.15, 0.2) is 0 Å². The molecule has 1 amide bonds. The van der Waals surface area contributed by atoms with Gasteiger partial charge in [0.25, 0.3) is 5.91 Å². The fourth-order valence-corrected chi connectivity index (χ4v) is 1.88. The maximum atomic E-state index is 11.1. The van der Waals surface area contributed by atoms with Crippen molar-refractivity contribution in [3.8, 4) is 5.75 Å². The summed E-state index contributed by atoms with van der Waals surface area (Å²) in [5, 5.41) is 10.0. The van der Waals surface area contributed by atoms with Crippen molar-refractivity contribution >= 4 is 22.7 Å². The number of phenolic OH excluding ortho intramolecular Hbond substituents is 1. The van der Waals surface area contributed by atoms with Crippen LogP contribution in [0.15, 0.2) is 40.7 Å². The summed E-state index contributed by atoms with van der Waals surface area (Å²) in [5.41, 5.74) is 0.574. The van der Waals surface area contributed by atoms with Gasteiger partial charge in [0.2, 0.25) is 0 Å². The first-order chi connectivity index (χ1) is 6.68. The van der Waals surface area contributed by atoms with Crippen molar-refractivity contribution in [3.63, 3.8) is 0 Å². The van der Waals surface area contributed by atoms with Crippen LogP contribution in [-0.2, 0) is 4.79 Å². The predicted octanol–water partition coefficient (Wildman–Crippen LogP) is 1.93. The minimum Gasteiger partial charge on any atom is -0.507 e. The summed E-state index contributed by atoms with van der Waals surface area (Å²) < 4.78 is 0. The molecule has 0 saturated carbocycles. The molecular formula is C10H7NO2S. The van der Waals surface area contributed by atoms with Crippen LogP contribution in [0, 0.1) is 0 Å². The maximum Gasteiger partial charge on any atom is 0.284 e. The van der Waals surface area contributed by atoms with Gasteiger partial charge in [-0.25, -0.2) is 4.99 Å². The highest BCUT2D eigenvalue weighted by atomic mass is 32.2. The summed E-state index contributed by atoms with van der Waals surface area (Å²) in [4.78, 5) is 15.3. The van der Waals surface area contributed by atoms with Crippen LogP contribution in [0.2, 0.25) is 0 Å². The molecule has 0 radical (unpaired) electrons. The van der Waals surface area contributed by atoms with Gasteiger partial charge >= 0.3 is 0 Å². The van der Waals surface area contributed by atoms with E-state index in [1.54, 1.807) is 24.3 Å². The number of carbonyl (C=O) groups excluding carboxylic acids is 1. The average Bonchev–Trinajstić information content (AvgIpc) is 2.48. The Morgan fingerprint density at radius 2 is 2.07 bits per heavy atom. The standard InChI is InChI=1S/C10H7NO2S/c1-6-9(13)11-10(14-6)7-4-2-3-5-8(7)12/h2-5,12H,1H2. The molecule has 0 unspecified atom stereocenters. The molecule has 14 heavy (non-hydrogen) atoms. The molecule has 1 aliphatic rings. The summed E-state index contributed by atoms with van der Waals surface area (Å²) in [5.74, 6) is -0.200. The Hall–Kier alpha value is -1.55. The van der Waals surface area contributed by atoms with E-state index >= 15 is 0 Å². The van der Waals surface area contributed by atoms with E-state index < -0.39 is 0 Å². The first-order valence-electron chi connectivity index (χ1n) is 3.96. The second kappa shape index (κ2) is 3.31. The van der Waals surface area contributed by atoms with E-state index in [9.17, 15) is 9.90 Å². The van der Waals surface area contributed by atoms with Crippen LogP contribution >= 0.6 is 11.8 Å². The van der Waals surface area contributed by atoms with Gasteiger partial charge in [-0.2, -0.15) is 0 Å². The molecule has 0 atom stereocenters. The van der Waals surface area contributed by atoms with Crippen molar-refractivity contribution in [3.05, 3.63) is 41.3 Å². The Bertz CT molecular complexity index is 451. The number of hydrogen-bond donors (Lipinski definition) is 1. The van der Waals surface area contributed by atoms with Crippen molar-refractivity contribution in [2.24, 2.45) is 4.99 Å². The second-order valence-electron chi connectivity index (χ2n) is 2.76. The highest BCUT2D eigenvalue weighted by Gasteiger charge is 2.22. The third-order valence-electron chi connectivity index (χ3n) is 1.80. The monoisotopic (exact) mass is 205 g/mol. The number of hydrogen-bond acceptors (Lipinski definition) is 3. The quantitative estimate of drug-likeness (QED) is 0.712. The number of rotatable bonds is 1. The normalized spacial score (nSPS) is 15.9. The zero-order chi connectivity index (χ0) is 10.1. The van der Waals surface area contributed by atoms with E-state index in [1.807, 2.05) is 0 Å². The Balaban J connectivity index is 2.43. The molecule has 0 fully saturated rings. The Kier molecular flexibility index (Phi) is 2.13. The van der Waals surface area contributed by atoms with E-state index in [-0.39, 0.29) is 11.7 Å². The third kappa shape index (κ3) is 1.44. The van der Waals surface area contributed by atoms with E-state index in [2.05, 4.69) is 11.6 Å². The lowest BCUT2D eigenvalue weighted by Crippen LogP contribution is -1.91. The molecule has 1 heterocycles. The van der Waals surface area contributed by atoms with Crippen molar-refractivity contribution < 1.29 is 9.90 Å². The van der Waals surface area contributed by atoms with Gasteiger partial charge in [0.05, 0.1) is 4.91 Å². The third-order valence-corrected chi connectivity index (χ3v) is 2.72. The molecule has 0 bridgehead atoms. The molecule has 1 aromatic rings. The highest BCUT2D eigenvalue weighted by Crippen LogP contribution is 2.31. The SMILES string of the molecule is C=C1SC(c2ccccc2O)=NC1=O. The fourth-order valence-electron chi connectivity index (χ4n) is 1.11. The summed E-state index contributed by atoms with van der Waals surface area (Å²) >= 11 is 1.19. The van der Waals surface area contributed by atoms with Crippen LogP contribution < -0.4 is 0 Å². The number of phenols is 1. The lowest BCUT2D eigenvalue weighted by molar-refractivity contribution is -0.113.